The molecule has 1 saturated carbocycles. The lowest BCUT2D eigenvalue weighted by Crippen LogP contribution is -2.42. The monoisotopic (exact) mass is 841 g/mol. The molecule has 8 atom stereocenters. The lowest BCUT2D eigenvalue weighted by atomic mass is 9.78. The summed E-state index contributed by atoms with van der Waals surface area (Å²) in [5, 5.41) is 36.2. The molecule has 5 rings (SSSR count). The van der Waals surface area contributed by atoms with Crippen LogP contribution in [0.1, 0.15) is 91.3 Å². The van der Waals surface area contributed by atoms with Gasteiger partial charge in [-0.15, -0.1) is 22.7 Å². The summed E-state index contributed by atoms with van der Waals surface area (Å²) in [5.74, 6) is 0.133. The van der Waals surface area contributed by atoms with Gasteiger partial charge in [0.05, 0.1) is 12.2 Å². The van der Waals surface area contributed by atoms with E-state index in [1.54, 1.807) is 29.0 Å². The van der Waals surface area contributed by atoms with E-state index < -0.39 is 47.2 Å². The Morgan fingerprint density at radius 2 is 1.31 bits per heavy atom. The Balaban J connectivity index is 1.37. The molecule has 2 aliphatic carbocycles. The smallest absolute Gasteiger partial charge is 0.358 e. The number of aliphatic hydroxyl groups excluding tert-OH is 3. The van der Waals surface area contributed by atoms with Gasteiger partial charge in [0, 0.05) is 47.0 Å². The summed E-state index contributed by atoms with van der Waals surface area (Å²) in [6, 6.07) is 0. The number of aromatic nitrogens is 2. The molecule has 316 valence electrons. The highest BCUT2D eigenvalue weighted by Crippen LogP contribution is 2.48. The molecule has 2 aromatic heterocycles. The number of hydrogen-bond donors (Lipinski definition) is 4. The van der Waals surface area contributed by atoms with Gasteiger partial charge in [-0.25, -0.2) is 19.6 Å². The van der Waals surface area contributed by atoms with Gasteiger partial charge < -0.3 is 30.5 Å². The van der Waals surface area contributed by atoms with E-state index >= 15 is 0 Å². The molecule has 4 bridgehead atoms. The van der Waals surface area contributed by atoms with Crippen molar-refractivity contribution in [3.05, 3.63) is 129 Å². The SMILES string of the molecule is C[C@@H]1[C@@H]2/C=C\C[C@@H](C(C)(C)[C@@H](O)/C=C/CCN)OC(=O)c3csc(n3)/C=C\C=C\[C@H]3C=C3/C=C\C[C@@H](C(C)(C)[C@@H](O)/C=C/CCO)OC(=O)c3csc(n3)/C=C\C=C\[C@H]12. The topological polar surface area (TPSA) is 165 Å². The molecule has 0 saturated heterocycles. The maximum absolute atomic E-state index is 13.5. The summed E-state index contributed by atoms with van der Waals surface area (Å²) < 4.78 is 12.2. The second-order valence-electron chi connectivity index (χ2n) is 16.4. The van der Waals surface area contributed by atoms with Crippen LogP contribution in [0.15, 0.2) is 107 Å². The summed E-state index contributed by atoms with van der Waals surface area (Å²) in [6.45, 7) is 10.2. The first-order chi connectivity index (χ1) is 28.3. The Morgan fingerprint density at radius 1 is 0.780 bits per heavy atom. The van der Waals surface area contributed by atoms with Crippen molar-refractivity contribution in [2.24, 2.45) is 40.2 Å². The predicted octanol–water partition coefficient (Wildman–Crippen LogP) is 8.45. The molecule has 5 N–H and O–H groups in total. The number of allylic oxidation sites excluding steroid dienone is 10. The minimum atomic E-state index is -0.923. The summed E-state index contributed by atoms with van der Waals surface area (Å²) in [4.78, 5) is 36.0. The van der Waals surface area contributed by atoms with E-state index in [0.717, 1.165) is 5.57 Å². The van der Waals surface area contributed by atoms with Gasteiger partial charge in [-0.05, 0) is 54.9 Å². The van der Waals surface area contributed by atoms with E-state index in [1.165, 1.54) is 22.7 Å². The summed E-state index contributed by atoms with van der Waals surface area (Å²) in [5.41, 5.74) is 5.55. The van der Waals surface area contributed by atoms with Crippen molar-refractivity contribution in [1.29, 1.82) is 0 Å². The van der Waals surface area contributed by atoms with Gasteiger partial charge in [-0.3, -0.25) is 0 Å². The van der Waals surface area contributed by atoms with Crippen molar-refractivity contribution in [2.75, 3.05) is 13.2 Å². The van der Waals surface area contributed by atoms with E-state index in [4.69, 9.17) is 15.2 Å². The maximum Gasteiger partial charge on any atom is 0.358 e. The van der Waals surface area contributed by atoms with Gasteiger partial charge in [0.1, 0.15) is 22.2 Å². The number of carbonyl (C=O) groups is 2. The number of rotatable bonds is 10. The average molecular weight is 842 g/mol. The second-order valence-corrected chi connectivity index (χ2v) is 18.2. The third-order valence-corrected chi connectivity index (χ3v) is 12.9. The zero-order valence-corrected chi connectivity index (χ0v) is 36.2. The largest absolute Gasteiger partial charge is 0.457 e. The molecule has 1 aliphatic heterocycles. The third kappa shape index (κ3) is 12.8. The Kier molecular flexibility index (Phi) is 16.5. The van der Waals surface area contributed by atoms with E-state index in [9.17, 15) is 24.9 Å². The van der Waals surface area contributed by atoms with Crippen LogP contribution < -0.4 is 5.73 Å². The van der Waals surface area contributed by atoms with Crippen molar-refractivity contribution < 1.29 is 34.4 Å². The third-order valence-electron chi connectivity index (χ3n) is 11.3. The number of fused-ring (bicyclic) bond motifs is 6. The number of nitrogens with two attached hydrogens (primary N) is 1. The van der Waals surface area contributed by atoms with Crippen molar-refractivity contribution in [3.63, 3.8) is 0 Å². The van der Waals surface area contributed by atoms with Crippen molar-refractivity contribution in [1.82, 2.24) is 9.97 Å². The van der Waals surface area contributed by atoms with E-state index in [1.807, 2.05) is 88.5 Å². The highest BCUT2D eigenvalue weighted by molar-refractivity contribution is 7.11. The Bertz CT molecular complexity index is 2010. The molecule has 0 unspecified atom stereocenters. The first kappa shape index (κ1) is 45.8. The standard InChI is InChI=1S/C47H59N3O7S2/c1-31-34-18-7-9-25-43-50-36(30-59-43)44(54)56-40(47(4,5)39(53)21-11-13-27-51)22-14-17-33-28-32(33)16-6-8-24-42-49-37(29-58-42)45(55)57-41(23-15-19-35(31)34)46(2,3)38(52)20-10-12-26-48/h6-11,14-21,24-25,28-32,34-35,38-41,51-53H,12-13,22-23,26-27,48H2,1-5H3/b16-6+,17-14-,18-7+,19-15-,20-10+,21-11+,24-8-,25-9-/t31-,32-,34+,35-,38-,39-,40-,41-/m0/s1. The number of hydrogen-bond acceptors (Lipinski definition) is 12. The van der Waals surface area contributed by atoms with Crippen LogP contribution >= 0.6 is 22.7 Å². The number of cyclic esters (lactones) is 2. The Hall–Kier alpha value is -4.30. The molecule has 59 heavy (non-hydrogen) atoms. The maximum atomic E-state index is 13.5. The molecular weight excluding hydrogens is 783 g/mol. The van der Waals surface area contributed by atoms with E-state index in [2.05, 4.69) is 41.2 Å². The number of nitrogens with zero attached hydrogens (tertiary/aromatic N) is 2. The van der Waals surface area contributed by atoms with Gasteiger partial charge in [0.25, 0.3) is 0 Å². The van der Waals surface area contributed by atoms with Crippen LogP contribution in [0.5, 0.6) is 0 Å². The minimum absolute atomic E-state index is 0.0247. The molecule has 3 heterocycles. The molecule has 0 amide bonds. The van der Waals surface area contributed by atoms with Crippen molar-refractivity contribution in [3.8, 4) is 0 Å². The molecule has 0 spiro atoms. The van der Waals surface area contributed by atoms with Gasteiger partial charge in [0.2, 0.25) is 0 Å². The fourth-order valence-electron chi connectivity index (χ4n) is 6.76. The molecule has 12 heteroatoms. The van der Waals surface area contributed by atoms with Crippen LogP contribution in [-0.2, 0) is 9.47 Å². The van der Waals surface area contributed by atoms with Gasteiger partial charge >= 0.3 is 11.9 Å². The average Bonchev–Trinajstić information content (AvgIpc) is 3.88. The van der Waals surface area contributed by atoms with Gasteiger partial charge in [-0.1, -0.05) is 126 Å². The molecular formula is C47H59N3O7S2. The van der Waals surface area contributed by atoms with E-state index in [0.29, 0.717) is 60.0 Å². The first-order valence-electron chi connectivity index (χ1n) is 20.3. The van der Waals surface area contributed by atoms with Crippen LogP contribution in [0, 0.1) is 34.5 Å². The lowest BCUT2D eigenvalue weighted by molar-refractivity contribution is -0.0461. The molecule has 0 aromatic carbocycles. The quantitative estimate of drug-likeness (QED) is 0.135. The number of ether oxygens (including phenoxy) is 2. The predicted molar refractivity (Wildman–Crippen MR) is 237 cm³/mol. The number of aliphatic hydroxyl groups is 3. The van der Waals surface area contributed by atoms with Crippen LogP contribution in [0.2, 0.25) is 0 Å². The van der Waals surface area contributed by atoms with Gasteiger partial charge in [0.15, 0.2) is 11.4 Å². The van der Waals surface area contributed by atoms with Crippen LogP contribution in [0.4, 0.5) is 0 Å². The highest BCUT2D eigenvalue weighted by atomic mass is 32.1. The minimum Gasteiger partial charge on any atom is -0.457 e. The Labute approximate surface area is 356 Å². The summed E-state index contributed by atoms with van der Waals surface area (Å²) >= 11 is 2.69. The van der Waals surface area contributed by atoms with Crippen LogP contribution in [-0.4, -0.2) is 74.8 Å². The number of carbonyl (C=O) groups excluding carboxylic acids is 2. The fraction of sp³-hybridized carbons (Fsp3) is 0.447. The molecule has 2 aromatic rings. The summed E-state index contributed by atoms with van der Waals surface area (Å²) in [6.07, 6.45) is 31.6. The zero-order valence-electron chi connectivity index (χ0n) is 34.6. The molecule has 1 fully saturated rings. The first-order valence-corrected chi connectivity index (χ1v) is 22.1. The lowest BCUT2D eigenvalue weighted by Gasteiger charge is -2.36. The number of thiazole rings is 2. The van der Waals surface area contributed by atoms with Crippen molar-refractivity contribution >= 4 is 46.8 Å². The van der Waals surface area contributed by atoms with Crippen molar-refractivity contribution in [2.45, 2.75) is 84.7 Å². The van der Waals surface area contributed by atoms with Crippen LogP contribution in [0.3, 0.4) is 0 Å². The highest BCUT2D eigenvalue weighted by Gasteiger charge is 2.43. The fourth-order valence-corrected chi connectivity index (χ4v) is 8.14. The normalized spacial score (nSPS) is 28.9. The molecule has 0 radical (unpaired) electrons. The summed E-state index contributed by atoms with van der Waals surface area (Å²) in [7, 11) is 0. The van der Waals surface area contributed by atoms with Crippen LogP contribution in [0.25, 0.3) is 12.2 Å². The molecule has 3 aliphatic rings. The molecule has 10 nitrogen and oxygen atoms in total. The second kappa shape index (κ2) is 21.3. The van der Waals surface area contributed by atoms with E-state index in [-0.39, 0.29) is 23.9 Å². The number of esters is 2. The van der Waals surface area contributed by atoms with Gasteiger partial charge in [-0.2, -0.15) is 0 Å². The zero-order chi connectivity index (χ0) is 42.6. The Morgan fingerprint density at radius 3 is 1.86 bits per heavy atom.